The Labute approximate surface area is 148 Å². The zero-order chi connectivity index (χ0) is 18.3. The highest BCUT2D eigenvalue weighted by molar-refractivity contribution is 5.94. The van der Waals surface area contributed by atoms with Gasteiger partial charge >= 0.3 is 0 Å². The smallest absolute Gasteiger partial charge is 0.260 e. The molecule has 3 aromatic rings. The number of H-pyrrole nitrogens is 2. The number of hydrogen-bond acceptors (Lipinski definition) is 6. The quantitative estimate of drug-likeness (QED) is 0.639. The molecule has 1 amide bonds. The van der Waals surface area contributed by atoms with E-state index < -0.39 is 11.1 Å². The lowest BCUT2D eigenvalue weighted by molar-refractivity contribution is 0.0912. The van der Waals surface area contributed by atoms with Crippen LogP contribution in [0.1, 0.15) is 29.4 Å². The number of nitrogens with one attached hydrogen (secondary N) is 3. The fourth-order valence-electron chi connectivity index (χ4n) is 3.41. The van der Waals surface area contributed by atoms with Crippen molar-refractivity contribution in [3.63, 3.8) is 0 Å². The Morgan fingerprint density at radius 1 is 1.38 bits per heavy atom. The van der Waals surface area contributed by atoms with Gasteiger partial charge in [0.05, 0.1) is 10.9 Å². The van der Waals surface area contributed by atoms with Gasteiger partial charge in [0.15, 0.2) is 5.65 Å². The Bertz CT molecular complexity index is 1040. The first kappa shape index (κ1) is 16.2. The van der Waals surface area contributed by atoms with Crippen molar-refractivity contribution in [2.45, 2.75) is 25.8 Å². The van der Waals surface area contributed by atoms with Crippen molar-refractivity contribution in [1.82, 2.24) is 30.5 Å². The number of rotatable bonds is 3. The normalized spacial score (nSPS) is 19.8. The third-order valence-electron chi connectivity index (χ3n) is 4.76. The molecule has 1 saturated heterocycles. The van der Waals surface area contributed by atoms with Crippen LogP contribution in [0.3, 0.4) is 0 Å². The average Bonchev–Trinajstić information content (AvgIpc) is 3.19. The molecule has 3 N–H and O–H groups in total. The SMILES string of the molecule is Cc1[nH]nc2ncnc(N3CCC(C)(NC(=O)c4ccc[nH]c4=O)C3)c12. The van der Waals surface area contributed by atoms with Crippen molar-refractivity contribution in [3.05, 3.63) is 46.3 Å². The fraction of sp³-hybridized carbons (Fsp3) is 0.353. The van der Waals surface area contributed by atoms with E-state index in [4.69, 9.17) is 0 Å². The minimum absolute atomic E-state index is 0.113. The van der Waals surface area contributed by atoms with Crippen molar-refractivity contribution in [2.75, 3.05) is 18.0 Å². The van der Waals surface area contributed by atoms with Gasteiger partial charge in [0.2, 0.25) is 0 Å². The predicted octanol–water partition coefficient (Wildman–Crippen LogP) is 0.748. The number of carbonyl (C=O) groups excluding carboxylic acids is 1. The van der Waals surface area contributed by atoms with Crippen LogP contribution in [0.5, 0.6) is 0 Å². The van der Waals surface area contributed by atoms with E-state index >= 15 is 0 Å². The number of anilines is 1. The number of amides is 1. The summed E-state index contributed by atoms with van der Waals surface area (Å²) in [5.41, 5.74) is 0.788. The second-order valence-electron chi connectivity index (χ2n) is 6.84. The van der Waals surface area contributed by atoms with Crippen LogP contribution in [0, 0.1) is 6.92 Å². The minimum Gasteiger partial charge on any atom is -0.353 e. The third-order valence-corrected chi connectivity index (χ3v) is 4.76. The molecular weight excluding hydrogens is 334 g/mol. The van der Waals surface area contributed by atoms with Crippen LogP contribution in [0.15, 0.2) is 29.5 Å². The lowest BCUT2D eigenvalue weighted by Gasteiger charge is -2.26. The molecule has 0 aromatic carbocycles. The second-order valence-corrected chi connectivity index (χ2v) is 6.84. The molecule has 1 atom stereocenters. The first-order valence-corrected chi connectivity index (χ1v) is 8.38. The van der Waals surface area contributed by atoms with Gasteiger partial charge in [-0.15, -0.1) is 0 Å². The first-order valence-electron chi connectivity index (χ1n) is 8.38. The number of aryl methyl sites for hydroxylation is 1. The van der Waals surface area contributed by atoms with Crippen LogP contribution in [0.4, 0.5) is 5.82 Å². The highest BCUT2D eigenvalue weighted by Gasteiger charge is 2.37. The van der Waals surface area contributed by atoms with E-state index in [9.17, 15) is 9.59 Å². The molecule has 1 fully saturated rings. The molecule has 9 heteroatoms. The first-order chi connectivity index (χ1) is 12.5. The molecule has 0 radical (unpaired) electrons. The molecule has 134 valence electrons. The summed E-state index contributed by atoms with van der Waals surface area (Å²) in [5.74, 6) is 0.431. The van der Waals surface area contributed by atoms with E-state index in [-0.39, 0.29) is 11.5 Å². The lowest BCUT2D eigenvalue weighted by Crippen LogP contribution is -2.49. The summed E-state index contributed by atoms with van der Waals surface area (Å²) in [6, 6.07) is 3.16. The van der Waals surface area contributed by atoms with Crippen molar-refractivity contribution in [1.29, 1.82) is 0 Å². The standard InChI is InChI=1S/C17H19N7O2/c1-10-12-13(23-22-10)19-9-20-14(12)24-7-5-17(2,8-24)21-16(26)11-4-3-6-18-15(11)25/h3-4,6,9H,5,7-8H2,1-2H3,(H,18,25)(H,21,26)(H,19,20,22,23). The maximum atomic E-state index is 12.5. The number of nitrogens with zero attached hydrogens (tertiary/aromatic N) is 4. The monoisotopic (exact) mass is 353 g/mol. The summed E-state index contributed by atoms with van der Waals surface area (Å²) in [6.45, 7) is 5.22. The zero-order valence-corrected chi connectivity index (χ0v) is 14.5. The summed E-state index contributed by atoms with van der Waals surface area (Å²) in [5, 5.41) is 11.0. The predicted molar refractivity (Wildman–Crippen MR) is 96.2 cm³/mol. The van der Waals surface area contributed by atoms with Gasteiger partial charge in [0, 0.05) is 25.0 Å². The third kappa shape index (κ3) is 2.71. The summed E-state index contributed by atoms with van der Waals surface area (Å²) < 4.78 is 0. The summed E-state index contributed by atoms with van der Waals surface area (Å²) in [4.78, 5) is 37.6. The second kappa shape index (κ2) is 5.94. The largest absolute Gasteiger partial charge is 0.353 e. The molecule has 4 heterocycles. The van der Waals surface area contributed by atoms with Gasteiger partial charge in [-0.3, -0.25) is 14.7 Å². The van der Waals surface area contributed by atoms with Crippen molar-refractivity contribution < 1.29 is 4.79 Å². The van der Waals surface area contributed by atoms with E-state index in [0.29, 0.717) is 12.2 Å². The molecular formula is C17H19N7O2. The van der Waals surface area contributed by atoms with Crippen LogP contribution in [-0.2, 0) is 0 Å². The summed E-state index contributed by atoms with van der Waals surface area (Å²) >= 11 is 0. The van der Waals surface area contributed by atoms with E-state index in [2.05, 4.69) is 35.4 Å². The minimum atomic E-state index is -0.464. The Morgan fingerprint density at radius 3 is 3.04 bits per heavy atom. The van der Waals surface area contributed by atoms with E-state index in [1.54, 1.807) is 6.07 Å². The zero-order valence-electron chi connectivity index (χ0n) is 14.5. The maximum Gasteiger partial charge on any atom is 0.260 e. The summed E-state index contributed by atoms with van der Waals surface area (Å²) in [7, 11) is 0. The molecule has 0 saturated carbocycles. The Kier molecular flexibility index (Phi) is 3.71. The van der Waals surface area contributed by atoms with Gasteiger partial charge in [-0.05, 0) is 32.4 Å². The number of hydrogen-bond donors (Lipinski definition) is 3. The number of carbonyl (C=O) groups is 1. The average molecular weight is 353 g/mol. The van der Waals surface area contributed by atoms with Crippen LogP contribution in [0.2, 0.25) is 0 Å². The molecule has 0 bridgehead atoms. The van der Waals surface area contributed by atoms with Gasteiger partial charge < -0.3 is 15.2 Å². The van der Waals surface area contributed by atoms with Crippen LogP contribution in [0.25, 0.3) is 11.0 Å². The highest BCUT2D eigenvalue weighted by Crippen LogP contribution is 2.30. The molecule has 9 nitrogen and oxygen atoms in total. The summed E-state index contributed by atoms with van der Waals surface area (Å²) in [6.07, 6.45) is 3.74. The van der Waals surface area contributed by atoms with E-state index in [1.165, 1.54) is 18.6 Å². The van der Waals surface area contributed by atoms with Crippen molar-refractivity contribution in [3.8, 4) is 0 Å². The maximum absolute atomic E-state index is 12.5. The molecule has 1 aliphatic rings. The molecule has 26 heavy (non-hydrogen) atoms. The highest BCUT2D eigenvalue weighted by atomic mass is 16.2. The van der Waals surface area contributed by atoms with Gasteiger partial charge in [-0.25, -0.2) is 9.97 Å². The number of pyridine rings is 1. The lowest BCUT2D eigenvalue weighted by atomic mass is 10.0. The van der Waals surface area contributed by atoms with Gasteiger partial charge in [0.25, 0.3) is 11.5 Å². The van der Waals surface area contributed by atoms with Crippen molar-refractivity contribution >= 4 is 22.8 Å². The Balaban J connectivity index is 1.57. The molecule has 0 spiro atoms. The number of aromatic amines is 2. The van der Waals surface area contributed by atoms with E-state index in [1.807, 2.05) is 13.8 Å². The van der Waals surface area contributed by atoms with Gasteiger partial charge in [0.1, 0.15) is 17.7 Å². The Morgan fingerprint density at radius 2 is 2.23 bits per heavy atom. The van der Waals surface area contributed by atoms with Gasteiger partial charge in [-0.1, -0.05) is 0 Å². The van der Waals surface area contributed by atoms with Gasteiger partial charge in [-0.2, -0.15) is 5.10 Å². The number of fused-ring (bicyclic) bond motifs is 1. The number of aromatic nitrogens is 5. The van der Waals surface area contributed by atoms with Crippen LogP contribution in [-0.4, -0.2) is 49.7 Å². The fourth-order valence-corrected chi connectivity index (χ4v) is 3.41. The Hall–Kier alpha value is -3.23. The van der Waals surface area contributed by atoms with Crippen LogP contribution >= 0.6 is 0 Å². The molecule has 1 unspecified atom stereocenters. The molecule has 1 aliphatic heterocycles. The van der Waals surface area contributed by atoms with Crippen molar-refractivity contribution in [2.24, 2.45) is 0 Å². The molecule has 0 aliphatic carbocycles. The topological polar surface area (TPSA) is 120 Å². The van der Waals surface area contributed by atoms with Crippen LogP contribution < -0.4 is 15.8 Å². The molecule has 4 rings (SSSR count). The van der Waals surface area contributed by atoms with E-state index in [0.717, 1.165) is 29.9 Å². The molecule has 3 aromatic heterocycles.